The van der Waals surface area contributed by atoms with Gasteiger partial charge in [0.1, 0.15) is 16.0 Å². The Morgan fingerprint density at radius 1 is 0.583 bits per heavy atom. The number of fused-ring (bicyclic) bond motifs is 1. The summed E-state index contributed by atoms with van der Waals surface area (Å²) in [6.07, 6.45) is -11.1. The molecular formula is C33H23F6N3O4S2. The van der Waals surface area contributed by atoms with Gasteiger partial charge in [0.15, 0.2) is 0 Å². The molecule has 0 saturated carbocycles. The molecule has 0 spiro atoms. The number of para-hydroxylation sites is 1. The van der Waals surface area contributed by atoms with Crippen molar-refractivity contribution in [3.05, 3.63) is 144 Å². The lowest BCUT2D eigenvalue weighted by atomic mass is 10.1. The summed E-state index contributed by atoms with van der Waals surface area (Å²) in [4.78, 5) is -1.10. The van der Waals surface area contributed by atoms with Crippen LogP contribution < -0.4 is 13.9 Å². The monoisotopic (exact) mass is 703 g/mol. The Kier molecular flexibility index (Phi) is 8.15. The molecule has 0 amide bonds. The zero-order valence-electron chi connectivity index (χ0n) is 24.3. The average molecular weight is 704 g/mol. The molecule has 6 rings (SSSR count). The number of benzene rings is 5. The van der Waals surface area contributed by atoms with Crippen LogP contribution in [-0.4, -0.2) is 16.8 Å². The highest BCUT2D eigenvalue weighted by atomic mass is 32.3. The smallest absolute Gasteiger partial charge is 0.359 e. The second kappa shape index (κ2) is 11.9. The van der Waals surface area contributed by atoms with Crippen LogP contribution in [0, 0.1) is 0 Å². The number of anilines is 4. The highest BCUT2D eigenvalue weighted by Gasteiger charge is 2.46. The lowest BCUT2D eigenvalue weighted by molar-refractivity contribution is -0.140. The standard InChI is InChI=1S/C33H23F6N3O4S2/c34-32(35,36)25-15-7-9-17-29(25)47(43,44)42(48(45,46)30-18-10-8-16-26(30)33(37,38)39)24-19-20-28-27(21-24)40-31(22-11-3-1-4-12-22)41(28)23-13-5-2-6-14-23/h1-21,31,40H. The molecule has 248 valence electrons. The van der Waals surface area contributed by atoms with Gasteiger partial charge in [0.2, 0.25) is 0 Å². The SMILES string of the molecule is O=S(=O)(c1ccccc1C(F)(F)F)N(c1ccc2c(c1)NC(c1ccccc1)N2c1ccccc1)S(=O)(=O)c1ccccc1C(F)(F)F. The average Bonchev–Trinajstić information content (AvgIpc) is 3.43. The third kappa shape index (κ3) is 5.83. The summed E-state index contributed by atoms with van der Waals surface area (Å²) < 4.78 is 141. The summed E-state index contributed by atoms with van der Waals surface area (Å²) >= 11 is 0. The number of sulfonamides is 2. The minimum absolute atomic E-state index is 0.161. The molecule has 1 atom stereocenters. The van der Waals surface area contributed by atoms with E-state index in [2.05, 4.69) is 5.32 Å². The van der Waals surface area contributed by atoms with Gasteiger partial charge in [0.25, 0.3) is 20.0 Å². The summed E-state index contributed by atoms with van der Waals surface area (Å²) in [5.41, 5.74) is -2.11. The number of halogens is 6. The van der Waals surface area contributed by atoms with E-state index in [-0.39, 0.29) is 9.40 Å². The van der Waals surface area contributed by atoms with E-state index in [0.29, 0.717) is 35.6 Å². The Morgan fingerprint density at radius 2 is 1.04 bits per heavy atom. The highest BCUT2D eigenvalue weighted by molar-refractivity contribution is 8.10. The Labute approximate surface area is 271 Å². The van der Waals surface area contributed by atoms with Gasteiger partial charge < -0.3 is 10.2 Å². The number of nitrogens with one attached hydrogen (secondary N) is 1. The molecule has 5 aromatic rings. The van der Waals surface area contributed by atoms with Gasteiger partial charge in [0.05, 0.1) is 28.2 Å². The van der Waals surface area contributed by atoms with Gasteiger partial charge in [0, 0.05) is 5.69 Å². The molecule has 0 aromatic heterocycles. The number of nitrogens with zero attached hydrogens (tertiary/aromatic N) is 2. The molecule has 1 aliphatic rings. The quantitative estimate of drug-likeness (QED) is 0.171. The predicted octanol–water partition coefficient (Wildman–Crippen LogP) is 8.57. The third-order valence-corrected chi connectivity index (χ3v) is 11.8. The van der Waals surface area contributed by atoms with Crippen molar-refractivity contribution in [3.8, 4) is 0 Å². The maximum atomic E-state index is 14.2. The Hall–Kier alpha value is -5.02. The normalized spacial score (nSPS) is 15.1. The van der Waals surface area contributed by atoms with Crippen molar-refractivity contribution < 1.29 is 43.2 Å². The van der Waals surface area contributed by atoms with Crippen molar-refractivity contribution in [3.63, 3.8) is 0 Å². The van der Waals surface area contributed by atoms with E-state index in [0.717, 1.165) is 42.0 Å². The van der Waals surface area contributed by atoms with Crippen molar-refractivity contribution in [1.82, 2.24) is 0 Å². The lowest BCUT2D eigenvalue weighted by Crippen LogP contribution is -2.39. The molecule has 0 radical (unpaired) electrons. The van der Waals surface area contributed by atoms with Crippen LogP contribution in [0.5, 0.6) is 0 Å². The fourth-order valence-electron chi connectivity index (χ4n) is 5.50. The van der Waals surface area contributed by atoms with Crippen LogP contribution in [0.4, 0.5) is 49.1 Å². The Morgan fingerprint density at radius 3 is 1.54 bits per heavy atom. The third-order valence-electron chi connectivity index (χ3n) is 7.53. The van der Waals surface area contributed by atoms with Crippen LogP contribution in [0.15, 0.2) is 137 Å². The summed E-state index contributed by atoms with van der Waals surface area (Å²) in [5, 5.41) is 3.20. The van der Waals surface area contributed by atoms with E-state index in [1.807, 2.05) is 17.0 Å². The van der Waals surface area contributed by atoms with Crippen LogP contribution in [0.25, 0.3) is 0 Å². The second-order valence-corrected chi connectivity index (χ2v) is 14.3. The van der Waals surface area contributed by atoms with Crippen molar-refractivity contribution in [2.45, 2.75) is 28.3 Å². The van der Waals surface area contributed by atoms with E-state index >= 15 is 0 Å². The van der Waals surface area contributed by atoms with E-state index < -0.39 is 65.2 Å². The van der Waals surface area contributed by atoms with Crippen LogP contribution in [-0.2, 0) is 32.4 Å². The fraction of sp³-hybridized carbons (Fsp3) is 0.0909. The van der Waals surface area contributed by atoms with Gasteiger partial charge in [-0.2, -0.15) is 46.9 Å². The van der Waals surface area contributed by atoms with Gasteiger partial charge in [-0.3, -0.25) is 0 Å². The summed E-state index contributed by atoms with van der Waals surface area (Å²) in [6.45, 7) is 0. The van der Waals surface area contributed by atoms with Crippen LogP contribution in [0.1, 0.15) is 22.9 Å². The first-order chi connectivity index (χ1) is 22.6. The summed E-state index contributed by atoms with van der Waals surface area (Å²) in [7, 11) is -11.5. The van der Waals surface area contributed by atoms with Crippen molar-refractivity contribution in [2.24, 2.45) is 0 Å². The lowest BCUT2D eigenvalue weighted by Gasteiger charge is -2.28. The molecule has 0 saturated heterocycles. The van der Waals surface area contributed by atoms with Crippen LogP contribution in [0.2, 0.25) is 0 Å². The molecule has 1 heterocycles. The van der Waals surface area contributed by atoms with Crippen molar-refractivity contribution in [2.75, 3.05) is 13.9 Å². The molecule has 48 heavy (non-hydrogen) atoms. The predicted molar refractivity (Wildman–Crippen MR) is 168 cm³/mol. The molecule has 1 N–H and O–H groups in total. The Bertz CT molecular complexity index is 2110. The molecule has 5 aromatic carbocycles. The maximum Gasteiger partial charge on any atom is 0.417 e. The molecule has 7 nitrogen and oxygen atoms in total. The number of hydrogen-bond acceptors (Lipinski definition) is 6. The highest BCUT2D eigenvalue weighted by Crippen LogP contribution is 2.49. The summed E-state index contributed by atoms with van der Waals surface area (Å²) in [6, 6.07) is 27.0. The number of hydrogen-bond donors (Lipinski definition) is 1. The van der Waals surface area contributed by atoms with Crippen LogP contribution >= 0.6 is 0 Å². The van der Waals surface area contributed by atoms with Gasteiger partial charge in [-0.05, 0) is 60.2 Å². The van der Waals surface area contributed by atoms with Gasteiger partial charge in [-0.15, -0.1) is 0 Å². The van der Waals surface area contributed by atoms with Gasteiger partial charge >= 0.3 is 12.4 Å². The molecule has 1 aliphatic heterocycles. The largest absolute Gasteiger partial charge is 0.417 e. The zero-order valence-corrected chi connectivity index (χ0v) is 25.9. The number of alkyl halides is 6. The van der Waals surface area contributed by atoms with E-state index in [1.165, 1.54) is 6.07 Å². The zero-order chi connectivity index (χ0) is 34.5. The van der Waals surface area contributed by atoms with E-state index in [4.69, 9.17) is 0 Å². The molecule has 15 heteroatoms. The maximum absolute atomic E-state index is 14.2. The van der Waals surface area contributed by atoms with Gasteiger partial charge in [-0.1, -0.05) is 72.8 Å². The first-order valence-corrected chi connectivity index (χ1v) is 16.9. The minimum atomic E-state index is -5.77. The number of rotatable bonds is 7. The van der Waals surface area contributed by atoms with E-state index in [1.54, 1.807) is 48.5 Å². The fourth-order valence-corrected chi connectivity index (χ4v) is 9.57. The first kappa shape index (κ1) is 32.9. The first-order valence-electron chi connectivity index (χ1n) is 14.0. The minimum Gasteiger partial charge on any atom is -0.359 e. The molecule has 0 aliphatic carbocycles. The summed E-state index contributed by atoms with van der Waals surface area (Å²) in [5.74, 6) is 0. The van der Waals surface area contributed by atoms with Crippen molar-refractivity contribution >= 4 is 42.8 Å². The van der Waals surface area contributed by atoms with Crippen LogP contribution in [0.3, 0.4) is 0 Å². The topological polar surface area (TPSA) is 86.8 Å². The molecule has 0 fully saturated rings. The van der Waals surface area contributed by atoms with E-state index in [9.17, 15) is 43.2 Å². The second-order valence-electron chi connectivity index (χ2n) is 10.6. The molecule has 1 unspecified atom stereocenters. The molecule has 0 bridgehead atoms. The van der Waals surface area contributed by atoms with Crippen molar-refractivity contribution in [1.29, 1.82) is 0 Å². The Balaban J connectivity index is 1.60. The van der Waals surface area contributed by atoms with Gasteiger partial charge in [-0.25, -0.2) is 0 Å². The molecular weight excluding hydrogens is 681 g/mol.